The molecule has 41 heteroatoms. The van der Waals surface area contributed by atoms with E-state index >= 15 is 0 Å². The Morgan fingerprint density at radius 2 is 0.392 bits per heavy atom. The quantitative estimate of drug-likeness (QED) is 0.0477. The Bertz CT molecular complexity index is 3010. The molecule has 0 aromatic carbocycles. The summed E-state index contributed by atoms with van der Waals surface area (Å²) in [5.41, 5.74) is 0. The SMILES string of the molecule is CO[C@@H]1OC(COC(C)=O)[C@H](O[C@@H]2OC(COC(C)=O)[C@H](O[C@@H]3OC(CBr)[C@H](O[C@@H]4OC(COC(C)=O)[C@H](O[C@@H]5OC(COC(C)=O)[C@H](OC(C)=O)[C@H](OC(C)=O)C5OC(C)=O)[C@H](OC(C)=O)C4OC(C)=O)[C@H](OC(C)=O)C3OC(C)=O)[C@H](OC(C)=O)C2OC(C)=O)[C@H](OC(C)=O)C1OC(C)=O. The number of hydrogen-bond acceptors (Lipinski definition) is 40. The van der Waals surface area contributed by atoms with Crippen molar-refractivity contribution in [3.8, 4) is 0 Å². The molecule has 40 nitrogen and oxygen atoms in total. The van der Waals surface area contributed by atoms with Gasteiger partial charge in [0, 0.05) is 116 Å². The number of halogens is 1. The summed E-state index contributed by atoms with van der Waals surface area (Å²) in [6.45, 7) is 11.0. The second kappa shape index (κ2) is 39.1. The Morgan fingerprint density at radius 1 is 0.225 bits per heavy atom. The maximum Gasteiger partial charge on any atom is 0.303 e. The van der Waals surface area contributed by atoms with Crippen molar-refractivity contribution in [3.63, 3.8) is 0 Å². The summed E-state index contributed by atoms with van der Waals surface area (Å²) in [5.74, 6) is -15.6. The number of rotatable bonds is 29. The molecule has 102 heavy (non-hydrogen) atoms. The van der Waals surface area contributed by atoms with Crippen molar-refractivity contribution in [2.45, 2.75) is 257 Å². The first-order valence-electron chi connectivity index (χ1n) is 31.2. The Balaban J connectivity index is 1.69. The topological polar surface area (TPSA) is 487 Å². The van der Waals surface area contributed by atoms with E-state index in [1.807, 2.05) is 0 Å². The average Bonchev–Trinajstić information content (AvgIpc) is 0.765. The Hall–Kier alpha value is -7.87. The highest BCUT2D eigenvalue weighted by Crippen LogP contribution is 2.42. The smallest absolute Gasteiger partial charge is 0.303 e. The van der Waals surface area contributed by atoms with Gasteiger partial charge in [0.1, 0.15) is 81.4 Å². The van der Waals surface area contributed by atoms with E-state index in [1.54, 1.807) is 0 Å². The molecule has 0 N–H and O–H groups in total. The van der Waals surface area contributed by atoms with E-state index in [0.717, 1.165) is 111 Å². The van der Waals surface area contributed by atoms with Gasteiger partial charge in [-0.1, -0.05) is 15.9 Å². The Morgan fingerprint density at radius 3 is 0.598 bits per heavy atom. The molecule has 5 fully saturated rings. The van der Waals surface area contributed by atoms with Crippen LogP contribution in [-0.4, -0.2) is 282 Å². The zero-order valence-electron chi connectivity index (χ0n) is 58.2. The Kier molecular flexibility index (Phi) is 32.5. The van der Waals surface area contributed by atoms with Crippen molar-refractivity contribution >= 4 is 105 Å². The molecule has 5 saturated heterocycles. The third-order valence-electron chi connectivity index (χ3n) is 14.6. The predicted molar refractivity (Wildman–Crippen MR) is 321 cm³/mol. The highest BCUT2D eigenvalue weighted by molar-refractivity contribution is 9.09. The molecule has 0 aromatic rings. The lowest BCUT2D eigenvalue weighted by atomic mass is 9.94. The molecule has 0 amide bonds. The van der Waals surface area contributed by atoms with E-state index in [1.165, 1.54) is 0 Å². The Labute approximate surface area is 590 Å². The standard InChI is InChI=1S/C61H83BrO40/c1-22(63)79-18-38-43(83-26(5)67)48(85-28(7)69)54(91-34(13)75)60(96-38)102-46-41(21-82-25(4)66)97-59(55(92-35(14)76)51(46)88-31(10)72)99-42-37(17-62)94-58(53(90-33(12)74)47(42)84-27(6)68)100-45-40(20-81-24(3)65)98-61(56(93-36(15)77)50(45)87-30(9)71)101-44-39(19-80-23(2)64)95-57(78-16)52(89-32(11)73)49(44)86-29(8)70/h37-61H,17-21H2,1-16H3/t37?,38?,39?,40?,41?,42-,43-,44-,45-,46-,47-,48-,49-,50-,51-,52?,53?,54?,55?,56?,57+,58-,59-,60-,61-/m0/s1. The van der Waals surface area contributed by atoms with Crippen LogP contribution in [0, 0.1) is 0 Å². The summed E-state index contributed by atoms with van der Waals surface area (Å²) in [7, 11) is 1.14. The van der Waals surface area contributed by atoms with Crippen LogP contribution < -0.4 is 0 Å². The molecule has 574 valence electrons. The number of carbonyl (C=O) groups is 15. The van der Waals surface area contributed by atoms with Gasteiger partial charge in [-0.25, -0.2) is 0 Å². The van der Waals surface area contributed by atoms with Gasteiger partial charge < -0.3 is 118 Å². The van der Waals surface area contributed by atoms with Crippen LogP contribution in [0.3, 0.4) is 0 Å². The number of carbonyl (C=O) groups excluding carboxylic acids is 15. The van der Waals surface area contributed by atoms with E-state index in [2.05, 4.69) is 15.9 Å². The summed E-state index contributed by atoms with van der Waals surface area (Å²) < 4.78 is 147. The van der Waals surface area contributed by atoms with Gasteiger partial charge in [-0.2, -0.15) is 0 Å². The van der Waals surface area contributed by atoms with Gasteiger partial charge in [-0.15, -0.1) is 0 Å². The summed E-state index contributed by atoms with van der Waals surface area (Å²) >= 11 is 3.34. The second-order valence-electron chi connectivity index (χ2n) is 23.0. The van der Waals surface area contributed by atoms with Crippen molar-refractivity contribution in [2.75, 3.05) is 38.9 Å². The maximum absolute atomic E-state index is 13.5. The first-order chi connectivity index (χ1) is 47.8. The molecular formula is C61H83BrO40. The van der Waals surface area contributed by atoms with Gasteiger partial charge >= 0.3 is 89.5 Å². The van der Waals surface area contributed by atoms with Crippen LogP contribution in [0.15, 0.2) is 0 Å². The van der Waals surface area contributed by atoms with Crippen LogP contribution in [0.25, 0.3) is 0 Å². The van der Waals surface area contributed by atoms with Crippen LogP contribution in [0.4, 0.5) is 0 Å². The lowest BCUT2D eigenvalue weighted by Gasteiger charge is -2.51. The molecule has 10 unspecified atom stereocenters. The minimum absolute atomic E-state index is 0.428. The number of methoxy groups -OCH3 is 1. The summed E-state index contributed by atoms with van der Waals surface area (Å²) in [6.07, 6.45) is -47.7. The summed E-state index contributed by atoms with van der Waals surface area (Å²) in [4.78, 5) is 194. The number of hydrogen-bond donors (Lipinski definition) is 0. The molecule has 0 radical (unpaired) electrons. The van der Waals surface area contributed by atoms with E-state index < -0.39 is 275 Å². The van der Waals surface area contributed by atoms with Gasteiger partial charge in [0.15, 0.2) is 98.6 Å². The molecule has 5 aliphatic rings. The van der Waals surface area contributed by atoms with Gasteiger partial charge in [-0.3, -0.25) is 71.9 Å². The van der Waals surface area contributed by atoms with Crippen molar-refractivity contribution in [2.24, 2.45) is 0 Å². The molecule has 0 aliphatic carbocycles. The summed E-state index contributed by atoms with van der Waals surface area (Å²) in [6, 6.07) is 0. The minimum atomic E-state index is -2.18. The van der Waals surface area contributed by atoms with Crippen LogP contribution in [0.1, 0.15) is 104 Å². The van der Waals surface area contributed by atoms with E-state index in [0.29, 0.717) is 0 Å². The third-order valence-corrected chi connectivity index (χ3v) is 15.3. The fourth-order valence-corrected chi connectivity index (χ4v) is 11.8. The predicted octanol–water partition coefficient (Wildman–Crippen LogP) is -1.31. The van der Waals surface area contributed by atoms with Crippen LogP contribution >= 0.6 is 15.9 Å². The van der Waals surface area contributed by atoms with Crippen molar-refractivity contribution < 1.29 is 190 Å². The molecule has 5 aliphatic heterocycles. The second-order valence-corrected chi connectivity index (χ2v) is 23.7. The molecule has 0 spiro atoms. The fourth-order valence-electron chi connectivity index (χ4n) is 11.3. The fraction of sp³-hybridized carbons (Fsp3) is 0.754. The van der Waals surface area contributed by atoms with Crippen LogP contribution in [0.2, 0.25) is 0 Å². The summed E-state index contributed by atoms with van der Waals surface area (Å²) in [5, 5.41) is -0.428. The zero-order valence-corrected chi connectivity index (χ0v) is 59.8. The molecular weight excluding hydrogens is 1450 g/mol. The first-order valence-corrected chi connectivity index (χ1v) is 32.4. The molecule has 25 atom stereocenters. The number of alkyl halides is 1. The highest BCUT2D eigenvalue weighted by Gasteiger charge is 2.63. The lowest BCUT2D eigenvalue weighted by Crippen LogP contribution is -2.70. The molecule has 5 heterocycles. The van der Waals surface area contributed by atoms with Crippen molar-refractivity contribution in [1.29, 1.82) is 0 Å². The molecule has 0 bridgehead atoms. The third kappa shape index (κ3) is 24.7. The average molecular weight is 1540 g/mol. The van der Waals surface area contributed by atoms with Gasteiger partial charge in [0.2, 0.25) is 0 Å². The largest absolute Gasteiger partial charge is 0.463 e. The number of esters is 15. The van der Waals surface area contributed by atoms with E-state index in [9.17, 15) is 71.9 Å². The van der Waals surface area contributed by atoms with E-state index in [-0.39, 0.29) is 0 Å². The van der Waals surface area contributed by atoms with Crippen molar-refractivity contribution in [3.05, 3.63) is 0 Å². The van der Waals surface area contributed by atoms with Crippen molar-refractivity contribution in [1.82, 2.24) is 0 Å². The van der Waals surface area contributed by atoms with E-state index in [4.69, 9.17) is 118 Å². The zero-order chi connectivity index (χ0) is 76.3. The molecule has 5 rings (SSSR count). The van der Waals surface area contributed by atoms with Gasteiger partial charge in [0.05, 0.1) is 0 Å². The number of ether oxygens (including phenoxy) is 25. The van der Waals surface area contributed by atoms with Crippen LogP contribution in [-0.2, 0) is 190 Å². The normalized spacial score (nSPS) is 33.4. The molecule has 0 aromatic heterocycles. The highest BCUT2D eigenvalue weighted by atomic mass is 79.9. The first kappa shape index (κ1) is 84.8. The maximum atomic E-state index is 13.5. The lowest BCUT2D eigenvalue weighted by molar-refractivity contribution is -0.391. The minimum Gasteiger partial charge on any atom is -0.463 e. The van der Waals surface area contributed by atoms with Crippen LogP contribution in [0.5, 0.6) is 0 Å². The van der Waals surface area contributed by atoms with Gasteiger partial charge in [-0.05, 0) is 0 Å². The monoisotopic (exact) mass is 1530 g/mol. The van der Waals surface area contributed by atoms with Gasteiger partial charge in [0.25, 0.3) is 0 Å². The molecule has 0 saturated carbocycles.